The van der Waals surface area contributed by atoms with Gasteiger partial charge in [-0.05, 0) is 43.5 Å². The van der Waals surface area contributed by atoms with Gasteiger partial charge in [-0.25, -0.2) is 0 Å². The molecular formula is C20H26N4OS. The Bertz CT molecular complexity index is 825. The van der Waals surface area contributed by atoms with Crippen molar-refractivity contribution in [3.8, 4) is 0 Å². The van der Waals surface area contributed by atoms with Crippen LogP contribution >= 0.6 is 11.3 Å². The quantitative estimate of drug-likeness (QED) is 0.869. The molecule has 1 aromatic carbocycles. The number of thiophene rings is 1. The molecule has 2 aliphatic heterocycles. The van der Waals surface area contributed by atoms with E-state index in [0.717, 1.165) is 41.3 Å². The topological polar surface area (TPSA) is 47.6 Å². The molecule has 2 aliphatic rings. The summed E-state index contributed by atoms with van der Waals surface area (Å²) in [7, 11) is 4.05. The first-order valence-electron chi connectivity index (χ1n) is 9.17. The minimum atomic E-state index is -0.174. The number of rotatable bonds is 3. The van der Waals surface area contributed by atoms with E-state index in [1.165, 1.54) is 10.4 Å². The number of nitrogens with one attached hydrogen (secondary N) is 2. The van der Waals surface area contributed by atoms with Crippen molar-refractivity contribution in [3.63, 3.8) is 0 Å². The molecule has 1 unspecified atom stereocenters. The standard InChI is InChI=1S/C20H26N4OS/c1-12(2)24-10-9-15-16(11-24)26-20-17(15)19(25)21-18(22-20)13-5-7-14(8-6-13)23(3)4/h5-8,12,18,22H,9-11H2,1-4H3,(H,21,25). The Morgan fingerprint density at radius 1 is 1.19 bits per heavy atom. The van der Waals surface area contributed by atoms with Crippen LogP contribution < -0.4 is 15.5 Å². The van der Waals surface area contributed by atoms with E-state index >= 15 is 0 Å². The summed E-state index contributed by atoms with van der Waals surface area (Å²) in [5.41, 5.74) is 4.34. The zero-order chi connectivity index (χ0) is 18.4. The smallest absolute Gasteiger partial charge is 0.256 e. The molecule has 4 rings (SSSR count). The van der Waals surface area contributed by atoms with Gasteiger partial charge in [-0.2, -0.15) is 0 Å². The summed E-state index contributed by atoms with van der Waals surface area (Å²) in [4.78, 5) is 18.7. The largest absolute Gasteiger partial charge is 0.378 e. The van der Waals surface area contributed by atoms with Crippen LogP contribution in [0.25, 0.3) is 0 Å². The molecule has 0 radical (unpaired) electrons. The van der Waals surface area contributed by atoms with E-state index in [4.69, 9.17) is 0 Å². The van der Waals surface area contributed by atoms with Crippen LogP contribution in [0.15, 0.2) is 24.3 Å². The van der Waals surface area contributed by atoms with Crippen LogP contribution in [0.2, 0.25) is 0 Å². The highest BCUT2D eigenvalue weighted by Gasteiger charge is 2.33. The summed E-state index contributed by atoms with van der Waals surface area (Å²) in [6.45, 7) is 6.44. The average Bonchev–Trinajstić information content (AvgIpc) is 2.99. The Morgan fingerprint density at radius 2 is 1.92 bits per heavy atom. The SMILES string of the molecule is CC(C)N1CCc2c(sc3c2C(=O)NC(c2ccc(N(C)C)cc2)N3)C1. The lowest BCUT2D eigenvalue weighted by Crippen LogP contribution is -2.39. The molecule has 5 nitrogen and oxygen atoms in total. The lowest BCUT2D eigenvalue weighted by Gasteiger charge is -2.31. The molecule has 6 heteroatoms. The maximum Gasteiger partial charge on any atom is 0.256 e. The molecule has 0 fully saturated rings. The predicted octanol–water partition coefficient (Wildman–Crippen LogP) is 3.43. The molecule has 1 amide bonds. The molecule has 1 atom stereocenters. The van der Waals surface area contributed by atoms with Gasteiger partial charge in [0.25, 0.3) is 5.91 Å². The monoisotopic (exact) mass is 370 g/mol. The van der Waals surface area contributed by atoms with E-state index < -0.39 is 0 Å². The number of amides is 1. The van der Waals surface area contributed by atoms with E-state index in [0.29, 0.717) is 6.04 Å². The van der Waals surface area contributed by atoms with Gasteiger partial charge in [0, 0.05) is 43.8 Å². The van der Waals surface area contributed by atoms with Crippen molar-refractivity contribution in [1.29, 1.82) is 0 Å². The first kappa shape index (κ1) is 17.4. The molecule has 0 spiro atoms. The zero-order valence-corrected chi connectivity index (χ0v) is 16.6. The number of hydrogen-bond acceptors (Lipinski definition) is 5. The van der Waals surface area contributed by atoms with Crippen LogP contribution in [0.4, 0.5) is 10.7 Å². The number of nitrogens with zero attached hydrogens (tertiary/aromatic N) is 2. The fourth-order valence-corrected chi connectivity index (χ4v) is 5.01. The number of hydrogen-bond donors (Lipinski definition) is 2. The highest BCUT2D eigenvalue weighted by Crippen LogP contribution is 2.41. The fraction of sp³-hybridized carbons (Fsp3) is 0.450. The van der Waals surface area contributed by atoms with Gasteiger partial charge in [-0.1, -0.05) is 12.1 Å². The number of benzene rings is 1. The Balaban J connectivity index is 1.60. The Morgan fingerprint density at radius 3 is 2.58 bits per heavy atom. The summed E-state index contributed by atoms with van der Waals surface area (Å²) in [5.74, 6) is 0.0518. The second kappa shape index (κ2) is 6.59. The predicted molar refractivity (Wildman–Crippen MR) is 108 cm³/mol. The van der Waals surface area contributed by atoms with Gasteiger partial charge < -0.3 is 15.5 Å². The van der Waals surface area contributed by atoms with E-state index in [-0.39, 0.29) is 12.1 Å². The second-order valence-corrected chi connectivity index (χ2v) is 8.66. The maximum absolute atomic E-state index is 12.8. The third kappa shape index (κ3) is 2.97. The van der Waals surface area contributed by atoms with Crippen molar-refractivity contribution in [3.05, 3.63) is 45.8 Å². The minimum absolute atomic E-state index is 0.0518. The lowest BCUT2D eigenvalue weighted by atomic mass is 9.99. The van der Waals surface area contributed by atoms with Crippen LogP contribution in [0.5, 0.6) is 0 Å². The molecule has 0 aliphatic carbocycles. The van der Waals surface area contributed by atoms with Crippen molar-refractivity contribution < 1.29 is 4.79 Å². The third-order valence-corrected chi connectivity index (χ3v) is 6.49. The molecule has 2 aromatic rings. The molecule has 138 valence electrons. The highest BCUT2D eigenvalue weighted by atomic mass is 32.1. The van der Waals surface area contributed by atoms with Gasteiger partial charge >= 0.3 is 0 Å². The first-order valence-corrected chi connectivity index (χ1v) is 9.99. The second-order valence-electron chi connectivity index (χ2n) is 7.56. The number of carbonyl (C=O) groups is 1. The molecule has 0 bridgehead atoms. The lowest BCUT2D eigenvalue weighted by molar-refractivity contribution is 0.0934. The van der Waals surface area contributed by atoms with E-state index in [2.05, 4.69) is 58.5 Å². The van der Waals surface area contributed by atoms with Crippen LogP contribution in [-0.4, -0.2) is 37.5 Å². The Hall–Kier alpha value is -2.05. The van der Waals surface area contributed by atoms with Gasteiger partial charge in [0.15, 0.2) is 0 Å². The van der Waals surface area contributed by atoms with Gasteiger partial charge in [0.05, 0.1) is 5.56 Å². The molecule has 0 saturated carbocycles. The first-order chi connectivity index (χ1) is 12.4. The summed E-state index contributed by atoms with van der Waals surface area (Å²) >= 11 is 1.75. The van der Waals surface area contributed by atoms with Crippen molar-refractivity contribution in [2.75, 3.05) is 30.9 Å². The van der Waals surface area contributed by atoms with Gasteiger partial charge in [0.2, 0.25) is 0 Å². The molecule has 3 heterocycles. The van der Waals surface area contributed by atoms with Crippen LogP contribution in [-0.2, 0) is 13.0 Å². The normalized spacial score (nSPS) is 19.6. The van der Waals surface area contributed by atoms with E-state index in [1.807, 2.05) is 14.1 Å². The van der Waals surface area contributed by atoms with Crippen LogP contribution in [0.3, 0.4) is 0 Å². The van der Waals surface area contributed by atoms with Crippen molar-refractivity contribution in [2.45, 2.75) is 39.0 Å². The summed E-state index contributed by atoms with van der Waals surface area (Å²) in [6.07, 6.45) is 0.781. The Kier molecular flexibility index (Phi) is 4.40. The van der Waals surface area contributed by atoms with E-state index in [1.54, 1.807) is 11.3 Å². The molecule has 1 aromatic heterocycles. The minimum Gasteiger partial charge on any atom is -0.378 e. The number of fused-ring (bicyclic) bond motifs is 3. The molecule has 26 heavy (non-hydrogen) atoms. The Labute approximate surface area is 159 Å². The van der Waals surface area contributed by atoms with Crippen molar-refractivity contribution in [1.82, 2.24) is 10.2 Å². The van der Waals surface area contributed by atoms with E-state index in [9.17, 15) is 4.79 Å². The maximum atomic E-state index is 12.8. The van der Waals surface area contributed by atoms with Gasteiger partial charge in [-0.3, -0.25) is 9.69 Å². The summed E-state index contributed by atoms with van der Waals surface area (Å²) in [6, 6.07) is 8.85. The van der Waals surface area contributed by atoms with Crippen LogP contribution in [0.1, 0.15) is 46.4 Å². The zero-order valence-electron chi connectivity index (χ0n) is 15.8. The molecule has 2 N–H and O–H groups in total. The average molecular weight is 371 g/mol. The summed E-state index contributed by atoms with van der Waals surface area (Å²) < 4.78 is 0. The van der Waals surface area contributed by atoms with Crippen molar-refractivity contribution >= 4 is 27.9 Å². The third-order valence-electron chi connectivity index (χ3n) is 5.34. The fourth-order valence-electron chi connectivity index (χ4n) is 3.71. The van der Waals surface area contributed by atoms with Gasteiger partial charge in [-0.15, -0.1) is 11.3 Å². The number of carbonyl (C=O) groups excluding carboxylic acids is 1. The van der Waals surface area contributed by atoms with Crippen molar-refractivity contribution in [2.24, 2.45) is 0 Å². The molecule has 0 saturated heterocycles. The van der Waals surface area contributed by atoms with Crippen LogP contribution in [0, 0.1) is 0 Å². The number of anilines is 2. The van der Waals surface area contributed by atoms with Gasteiger partial charge in [0.1, 0.15) is 11.2 Å². The molecular weight excluding hydrogens is 344 g/mol. The summed E-state index contributed by atoms with van der Waals surface area (Å²) in [5, 5.41) is 7.70. The highest BCUT2D eigenvalue weighted by molar-refractivity contribution is 7.16.